The number of rotatable bonds is 5. The van der Waals surface area contributed by atoms with E-state index in [1.165, 1.54) is 0 Å². The van der Waals surface area contributed by atoms with Crippen molar-refractivity contribution in [2.24, 2.45) is 0 Å². The standard InChI is InChI=1S/C16H16BrClFN/c1-2-20-15(10-11-6-8-12(18)9-7-11)13-4-3-5-14(17)16(13)19/h3-9,15,20H,2,10H2,1H3. The first kappa shape index (κ1) is 15.5. The van der Waals surface area contributed by atoms with Crippen molar-refractivity contribution >= 4 is 27.5 Å². The number of likely N-dealkylation sites (N-methyl/N-ethyl adjacent to an activating group) is 1. The molecule has 2 aromatic rings. The second kappa shape index (κ2) is 7.21. The summed E-state index contributed by atoms with van der Waals surface area (Å²) < 4.78 is 14.7. The third-order valence-electron chi connectivity index (χ3n) is 3.16. The van der Waals surface area contributed by atoms with Gasteiger partial charge >= 0.3 is 0 Å². The molecular weight excluding hydrogens is 341 g/mol. The van der Waals surface area contributed by atoms with Crippen LogP contribution >= 0.6 is 27.5 Å². The highest BCUT2D eigenvalue weighted by atomic mass is 79.9. The average molecular weight is 357 g/mol. The van der Waals surface area contributed by atoms with Crippen LogP contribution in [-0.2, 0) is 6.42 Å². The Balaban J connectivity index is 2.26. The van der Waals surface area contributed by atoms with E-state index in [0.29, 0.717) is 15.1 Å². The number of hydrogen-bond donors (Lipinski definition) is 1. The Morgan fingerprint density at radius 1 is 1.20 bits per heavy atom. The van der Waals surface area contributed by atoms with Gasteiger partial charge in [0.2, 0.25) is 0 Å². The zero-order valence-electron chi connectivity index (χ0n) is 11.2. The van der Waals surface area contributed by atoms with E-state index in [0.717, 1.165) is 18.5 Å². The van der Waals surface area contributed by atoms with Crippen LogP contribution < -0.4 is 5.32 Å². The molecule has 1 N–H and O–H groups in total. The summed E-state index contributed by atoms with van der Waals surface area (Å²) >= 11 is 9.13. The van der Waals surface area contributed by atoms with Gasteiger partial charge in [0.25, 0.3) is 0 Å². The Labute approximate surface area is 132 Å². The normalized spacial score (nSPS) is 12.4. The molecule has 0 aromatic heterocycles. The predicted octanol–water partition coefficient (Wildman–Crippen LogP) is 5.13. The lowest BCUT2D eigenvalue weighted by Crippen LogP contribution is -2.24. The van der Waals surface area contributed by atoms with Crippen molar-refractivity contribution in [3.8, 4) is 0 Å². The smallest absolute Gasteiger partial charge is 0.142 e. The Morgan fingerprint density at radius 3 is 2.55 bits per heavy atom. The van der Waals surface area contributed by atoms with Crippen LogP contribution in [0.15, 0.2) is 46.9 Å². The van der Waals surface area contributed by atoms with Crippen molar-refractivity contribution in [2.45, 2.75) is 19.4 Å². The van der Waals surface area contributed by atoms with Gasteiger partial charge in [-0.25, -0.2) is 4.39 Å². The monoisotopic (exact) mass is 355 g/mol. The molecule has 0 radical (unpaired) electrons. The predicted molar refractivity (Wildman–Crippen MR) is 85.7 cm³/mol. The number of benzene rings is 2. The van der Waals surface area contributed by atoms with Crippen molar-refractivity contribution in [1.29, 1.82) is 0 Å². The van der Waals surface area contributed by atoms with Gasteiger partial charge in [0.1, 0.15) is 5.82 Å². The summed E-state index contributed by atoms with van der Waals surface area (Å²) in [6.45, 7) is 2.80. The molecule has 0 fully saturated rings. The largest absolute Gasteiger partial charge is 0.310 e. The quantitative estimate of drug-likeness (QED) is 0.782. The molecule has 0 amide bonds. The maximum absolute atomic E-state index is 14.2. The molecular formula is C16H16BrClFN. The Hall–Kier alpha value is -0.900. The maximum Gasteiger partial charge on any atom is 0.142 e. The summed E-state index contributed by atoms with van der Waals surface area (Å²) in [7, 11) is 0. The summed E-state index contributed by atoms with van der Waals surface area (Å²) in [4.78, 5) is 0. The van der Waals surface area contributed by atoms with E-state index >= 15 is 0 Å². The van der Waals surface area contributed by atoms with Gasteiger partial charge in [-0.3, -0.25) is 0 Å². The Kier molecular flexibility index (Phi) is 5.58. The minimum Gasteiger partial charge on any atom is -0.310 e. The summed E-state index contributed by atoms with van der Waals surface area (Å²) in [5.74, 6) is -0.201. The van der Waals surface area contributed by atoms with Crippen LogP contribution in [0.1, 0.15) is 24.1 Å². The molecule has 1 atom stereocenters. The van der Waals surface area contributed by atoms with Crippen LogP contribution in [0, 0.1) is 5.82 Å². The fourth-order valence-corrected chi connectivity index (χ4v) is 2.69. The number of nitrogens with one attached hydrogen (secondary N) is 1. The molecule has 1 unspecified atom stereocenters. The molecule has 0 aliphatic carbocycles. The van der Waals surface area contributed by atoms with E-state index in [1.807, 2.05) is 43.3 Å². The van der Waals surface area contributed by atoms with Crippen LogP contribution in [-0.4, -0.2) is 6.54 Å². The summed E-state index contributed by atoms with van der Waals surface area (Å²) in [5, 5.41) is 4.05. The van der Waals surface area contributed by atoms with Gasteiger partial charge in [-0.1, -0.05) is 42.8 Å². The molecule has 106 valence electrons. The van der Waals surface area contributed by atoms with Crippen LogP contribution in [0.2, 0.25) is 5.02 Å². The third kappa shape index (κ3) is 3.81. The third-order valence-corrected chi connectivity index (χ3v) is 4.02. The van der Waals surface area contributed by atoms with E-state index in [9.17, 15) is 4.39 Å². The van der Waals surface area contributed by atoms with Gasteiger partial charge in [0, 0.05) is 16.6 Å². The summed E-state index contributed by atoms with van der Waals surface area (Å²) in [6, 6.07) is 13.0. The highest BCUT2D eigenvalue weighted by Gasteiger charge is 2.17. The van der Waals surface area contributed by atoms with Gasteiger partial charge in [-0.2, -0.15) is 0 Å². The molecule has 0 heterocycles. The van der Waals surface area contributed by atoms with Crippen molar-refractivity contribution < 1.29 is 4.39 Å². The van der Waals surface area contributed by atoms with E-state index in [4.69, 9.17) is 11.6 Å². The molecule has 2 rings (SSSR count). The summed E-state index contributed by atoms with van der Waals surface area (Å²) in [6.07, 6.45) is 0.721. The van der Waals surface area contributed by atoms with E-state index in [1.54, 1.807) is 6.07 Å². The van der Waals surface area contributed by atoms with Gasteiger partial charge in [0.05, 0.1) is 4.47 Å². The maximum atomic E-state index is 14.2. The lowest BCUT2D eigenvalue weighted by atomic mass is 9.98. The van der Waals surface area contributed by atoms with E-state index < -0.39 is 0 Å². The van der Waals surface area contributed by atoms with E-state index in [-0.39, 0.29) is 11.9 Å². The first-order valence-corrected chi connectivity index (χ1v) is 7.70. The number of hydrogen-bond acceptors (Lipinski definition) is 1. The molecule has 0 spiro atoms. The Morgan fingerprint density at radius 2 is 1.90 bits per heavy atom. The summed E-state index contributed by atoms with van der Waals surface area (Å²) in [5.41, 5.74) is 1.80. The van der Waals surface area contributed by atoms with Crippen LogP contribution in [0.3, 0.4) is 0 Å². The van der Waals surface area contributed by atoms with Gasteiger partial charge in [-0.15, -0.1) is 0 Å². The fourth-order valence-electron chi connectivity index (χ4n) is 2.18. The lowest BCUT2D eigenvalue weighted by Gasteiger charge is -2.19. The highest BCUT2D eigenvalue weighted by molar-refractivity contribution is 9.10. The van der Waals surface area contributed by atoms with Crippen LogP contribution in [0.25, 0.3) is 0 Å². The number of halogens is 3. The Bertz CT molecular complexity index is 571. The second-order valence-corrected chi connectivity index (χ2v) is 5.87. The van der Waals surface area contributed by atoms with Gasteiger partial charge in [-0.05, 0) is 52.7 Å². The first-order chi connectivity index (χ1) is 9.61. The lowest BCUT2D eigenvalue weighted by molar-refractivity contribution is 0.507. The molecule has 20 heavy (non-hydrogen) atoms. The molecule has 0 bridgehead atoms. The van der Waals surface area contributed by atoms with Crippen molar-refractivity contribution in [3.05, 3.63) is 68.9 Å². The molecule has 0 aliphatic heterocycles. The topological polar surface area (TPSA) is 12.0 Å². The van der Waals surface area contributed by atoms with Crippen molar-refractivity contribution in [2.75, 3.05) is 6.54 Å². The average Bonchev–Trinajstić information content (AvgIpc) is 2.44. The molecule has 2 aromatic carbocycles. The zero-order valence-corrected chi connectivity index (χ0v) is 13.5. The van der Waals surface area contributed by atoms with Crippen LogP contribution in [0.4, 0.5) is 4.39 Å². The van der Waals surface area contributed by atoms with Crippen molar-refractivity contribution in [3.63, 3.8) is 0 Å². The fraction of sp³-hybridized carbons (Fsp3) is 0.250. The molecule has 0 saturated carbocycles. The molecule has 0 saturated heterocycles. The van der Waals surface area contributed by atoms with E-state index in [2.05, 4.69) is 21.2 Å². The molecule has 4 heteroatoms. The highest BCUT2D eigenvalue weighted by Crippen LogP contribution is 2.26. The zero-order chi connectivity index (χ0) is 14.5. The molecule has 1 nitrogen and oxygen atoms in total. The first-order valence-electron chi connectivity index (χ1n) is 6.53. The molecule has 0 aliphatic rings. The van der Waals surface area contributed by atoms with Gasteiger partial charge < -0.3 is 5.32 Å². The second-order valence-electron chi connectivity index (χ2n) is 4.58. The van der Waals surface area contributed by atoms with Crippen LogP contribution in [0.5, 0.6) is 0 Å². The SMILES string of the molecule is CCNC(Cc1ccc(Cl)cc1)c1cccc(Br)c1F. The minimum atomic E-state index is -0.201. The minimum absolute atomic E-state index is 0.0568. The van der Waals surface area contributed by atoms with Crippen molar-refractivity contribution in [1.82, 2.24) is 5.32 Å². The van der Waals surface area contributed by atoms with Gasteiger partial charge in [0.15, 0.2) is 0 Å².